The summed E-state index contributed by atoms with van der Waals surface area (Å²) in [6, 6.07) is 17.0. The standard InChI is InChI=1S/C27H28N2O6S/c1-33-18-8-9-21-23(16-28-24(21)15-18)27(31)26(22-6-4-5-7-25(22)35-11-10-30)29-17-12-19(34-2)14-20(13-17)36(3)32/h4-9,12-16,26,28-30H,10-11H2,1-3H3. The molecule has 2 unspecified atom stereocenters. The fraction of sp³-hybridized carbons (Fsp3) is 0.222. The van der Waals surface area contributed by atoms with Crippen LogP contribution in [0.4, 0.5) is 5.69 Å². The molecule has 0 aliphatic carbocycles. The Morgan fingerprint density at radius 2 is 1.83 bits per heavy atom. The van der Waals surface area contributed by atoms with Crippen molar-refractivity contribution in [1.29, 1.82) is 0 Å². The number of carbonyl (C=O) groups excluding carboxylic acids is 1. The molecule has 0 aliphatic rings. The predicted octanol–water partition coefficient (Wildman–Crippen LogP) is 4.33. The third-order valence-electron chi connectivity index (χ3n) is 5.75. The molecule has 4 aromatic rings. The molecule has 3 N–H and O–H groups in total. The third-order valence-corrected chi connectivity index (χ3v) is 6.65. The second-order valence-electron chi connectivity index (χ2n) is 8.02. The fourth-order valence-corrected chi connectivity index (χ4v) is 4.56. The van der Waals surface area contributed by atoms with Crippen LogP contribution in [-0.4, -0.2) is 53.8 Å². The lowest BCUT2D eigenvalue weighted by atomic mass is 9.95. The molecule has 0 radical (unpaired) electrons. The van der Waals surface area contributed by atoms with E-state index in [0.717, 1.165) is 10.9 Å². The number of anilines is 1. The van der Waals surface area contributed by atoms with Crippen LogP contribution in [0.3, 0.4) is 0 Å². The molecule has 0 saturated heterocycles. The number of nitrogens with one attached hydrogen (secondary N) is 2. The van der Waals surface area contributed by atoms with Gasteiger partial charge in [0.25, 0.3) is 0 Å². The minimum atomic E-state index is -1.26. The third kappa shape index (κ3) is 5.37. The van der Waals surface area contributed by atoms with E-state index in [2.05, 4.69) is 10.3 Å². The molecular weight excluding hydrogens is 480 g/mol. The number of hydrogen-bond acceptors (Lipinski definition) is 7. The van der Waals surface area contributed by atoms with Crippen molar-refractivity contribution in [1.82, 2.24) is 4.98 Å². The van der Waals surface area contributed by atoms with Crippen molar-refractivity contribution in [3.8, 4) is 17.2 Å². The van der Waals surface area contributed by atoms with Crippen molar-refractivity contribution in [2.45, 2.75) is 10.9 Å². The van der Waals surface area contributed by atoms with E-state index in [9.17, 15) is 14.1 Å². The number of Topliss-reactive ketones (excluding diaryl/α,β-unsaturated/α-hetero) is 1. The summed E-state index contributed by atoms with van der Waals surface area (Å²) in [6.45, 7) is -0.0743. The molecule has 0 fully saturated rings. The zero-order valence-corrected chi connectivity index (χ0v) is 21.1. The first-order valence-electron chi connectivity index (χ1n) is 11.3. The largest absolute Gasteiger partial charge is 0.497 e. The number of fused-ring (bicyclic) bond motifs is 1. The van der Waals surface area contributed by atoms with Gasteiger partial charge in [0.15, 0.2) is 5.78 Å². The molecule has 0 amide bonds. The molecule has 3 aromatic carbocycles. The van der Waals surface area contributed by atoms with E-state index in [-0.39, 0.29) is 19.0 Å². The second kappa shape index (κ2) is 11.3. The van der Waals surface area contributed by atoms with Gasteiger partial charge < -0.3 is 29.6 Å². The number of aliphatic hydroxyl groups is 1. The molecule has 0 aliphatic heterocycles. The first kappa shape index (κ1) is 25.3. The van der Waals surface area contributed by atoms with Crippen molar-refractivity contribution in [2.75, 3.05) is 39.0 Å². The van der Waals surface area contributed by atoms with Crippen molar-refractivity contribution in [2.24, 2.45) is 0 Å². The second-order valence-corrected chi connectivity index (χ2v) is 9.40. The number of aromatic nitrogens is 1. The summed E-state index contributed by atoms with van der Waals surface area (Å²) in [6.07, 6.45) is 3.26. The smallest absolute Gasteiger partial charge is 0.191 e. The van der Waals surface area contributed by atoms with Crippen LogP contribution in [0.15, 0.2) is 71.8 Å². The molecular formula is C27H28N2O6S. The Kier molecular flexibility index (Phi) is 7.92. The summed E-state index contributed by atoms with van der Waals surface area (Å²) in [5.41, 5.74) is 2.42. The minimum Gasteiger partial charge on any atom is -0.497 e. The van der Waals surface area contributed by atoms with Gasteiger partial charge in [-0.15, -0.1) is 0 Å². The Morgan fingerprint density at radius 3 is 2.56 bits per heavy atom. The lowest BCUT2D eigenvalue weighted by molar-refractivity contribution is 0.0969. The normalized spacial score (nSPS) is 12.7. The van der Waals surface area contributed by atoms with Gasteiger partial charge in [-0.3, -0.25) is 9.00 Å². The Morgan fingerprint density at radius 1 is 1.06 bits per heavy atom. The molecule has 0 bridgehead atoms. The van der Waals surface area contributed by atoms with Crippen LogP contribution in [-0.2, 0) is 10.8 Å². The van der Waals surface area contributed by atoms with Crippen molar-refractivity contribution in [3.05, 3.63) is 78.0 Å². The van der Waals surface area contributed by atoms with Gasteiger partial charge in [-0.25, -0.2) is 0 Å². The van der Waals surface area contributed by atoms with Gasteiger partial charge in [0.1, 0.15) is 29.9 Å². The quantitative estimate of drug-likeness (QED) is 0.259. The fourth-order valence-electron chi connectivity index (χ4n) is 3.99. The van der Waals surface area contributed by atoms with E-state index in [1.165, 1.54) is 7.11 Å². The number of aromatic amines is 1. The maximum Gasteiger partial charge on any atom is 0.191 e. The number of methoxy groups -OCH3 is 2. The zero-order chi connectivity index (χ0) is 25.7. The van der Waals surface area contributed by atoms with Crippen LogP contribution in [0.1, 0.15) is 22.0 Å². The summed E-state index contributed by atoms with van der Waals surface area (Å²) in [5, 5.41) is 13.4. The van der Waals surface area contributed by atoms with Gasteiger partial charge in [0, 0.05) is 68.0 Å². The lowest BCUT2D eigenvalue weighted by Crippen LogP contribution is -2.22. The lowest BCUT2D eigenvalue weighted by Gasteiger charge is -2.22. The number of ketones is 1. The number of para-hydroxylation sites is 1. The van der Waals surface area contributed by atoms with E-state index in [4.69, 9.17) is 14.2 Å². The van der Waals surface area contributed by atoms with Gasteiger partial charge in [0.05, 0.1) is 20.8 Å². The van der Waals surface area contributed by atoms with E-state index >= 15 is 0 Å². The van der Waals surface area contributed by atoms with Crippen LogP contribution in [0.25, 0.3) is 10.9 Å². The molecule has 1 heterocycles. The number of aliphatic hydroxyl groups excluding tert-OH is 1. The van der Waals surface area contributed by atoms with Crippen LogP contribution in [0, 0.1) is 0 Å². The van der Waals surface area contributed by atoms with Gasteiger partial charge in [0.2, 0.25) is 0 Å². The number of H-pyrrole nitrogens is 1. The van der Waals surface area contributed by atoms with Crippen molar-refractivity contribution < 1.29 is 28.3 Å². The number of hydrogen-bond donors (Lipinski definition) is 3. The summed E-state index contributed by atoms with van der Waals surface area (Å²) in [5.74, 6) is 1.47. The Labute approximate surface area is 211 Å². The highest BCUT2D eigenvalue weighted by molar-refractivity contribution is 7.84. The SMILES string of the molecule is COc1cc(NC(C(=O)c2c[nH]c3cc(OC)ccc23)c2ccccc2OCCO)cc(S(C)=O)c1. The van der Waals surface area contributed by atoms with Crippen molar-refractivity contribution in [3.63, 3.8) is 0 Å². The number of ether oxygens (including phenoxy) is 3. The number of carbonyl (C=O) groups is 1. The predicted molar refractivity (Wildman–Crippen MR) is 140 cm³/mol. The molecule has 4 rings (SSSR count). The summed E-state index contributed by atoms with van der Waals surface area (Å²) < 4.78 is 28.7. The van der Waals surface area contributed by atoms with Gasteiger partial charge in [-0.05, 0) is 30.3 Å². The van der Waals surface area contributed by atoms with Crippen LogP contribution in [0.2, 0.25) is 0 Å². The van der Waals surface area contributed by atoms with Gasteiger partial charge >= 0.3 is 0 Å². The molecule has 2 atom stereocenters. The topological polar surface area (TPSA) is 110 Å². The maximum atomic E-state index is 14.1. The molecule has 8 nitrogen and oxygen atoms in total. The first-order valence-corrected chi connectivity index (χ1v) is 12.8. The molecule has 0 saturated carbocycles. The highest BCUT2D eigenvalue weighted by atomic mass is 32.2. The van der Waals surface area contributed by atoms with Crippen LogP contribution < -0.4 is 19.5 Å². The Hall–Kier alpha value is -3.82. The number of benzene rings is 3. The molecule has 188 valence electrons. The maximum absolute atomic E-state index is 14.1. The summed E-state index contributed by atoms with van der Waals surface area (Å²) in [4.78, 5) is 17.8. The Bertz CT molecular complexity index is 1400. The average molecular weight is 509 g/mol. The summed E-state index contributed by atoms with van der Waals surface area (Å²) >= 11 is 0. The highest BCUT2D eigenvalue weighted by Crippen LogP contribution is 2.34. The van der Waals surface area contributed by atoms with E-state index < -0.39 is 16.8 Å². The average Bonchev–Trinajstić information content (AvgIpc) is 3.33. The molecule has 9 heteroatoms. The number of rotatable bonds is 11. The highest BCUT2D eigenvalue weighted by Gasteiger charge is 2.28. The van der Waals surface area contributed by atoms with Crippen molar-refractivity contribution >= 4 is 33.2 Å². The molecule has 1 aromatic heterocycles. The Balaban J connectivity index is 1.82. The molecule has 36 heavy (non-hydrogen) atoms. The molecule has 0 spiro atoms. The summed E-state index contributed by atoms with van der Waals surface area (Å²) in [7, 11) is 1.86. The van der Waals surface area contributed by atoms with Gasteiger partial charge in [-0.1, -0.05) is 18.2 Å². The van der Waals surface area contributed by atoms with Crippen LogP contribution >= 0.6 is 0 Å². The monoisotopic (exact) mass is 508 g/mol. The van der Waals surface area contributed by atoms with Crippen LogP contribution in [0.5, 0.6) is 17.2 Å². The first-order chi connectivity index (χ1) is 17.4. The van der Waals surface area contributed by atoms with E-state index in [1.807, 2.05) is 18.2 Å². The van der Waals surface area contributed by atoms with Gasteiger partial charge in [-0.2, -0.15) is 0 Å². The minimum absolute atomic E-state index is 0.0862. The zero-order valence-electron chi connectivity index (χ0n) is 20.2. The van der Waals surface area contributed by atoms with E-state index in [0.29, 0.717) is 39.0 Å². The van der Waals surface area contributed by atoms with E-state index in [1.54, 1.807) is 62.0 Å².